The van der Waals surface area contributed by atoms with E-state index in [2.05, 4.69) is 27.7 Å². The van der Waals surface area contributed by atoms with Crippen molar-refractivity contribution in [2.45, 2.75) is 78.2 Å². The average molecular weight is 316 g/mol. The van der Waals surface area contributed by atoms with Crippen molar-refractivity contribution in [2.24, 2.45) is 34.5 Å². The highest BCUT2D eigenvalue weighted by Gasteiger charge is 2.63. The first-order chi connectivity index (χ1) is 10.7. The van der Waals surface area contributed by atoms with Gasteiger partial charge >= 0.3 is 0 Å². The summed E-state index contributed by atoms with van der Waals surface area (Å²) < 4.78 is 0. The first-order valence-corrected chi connectivity index (χ1v) is 9.66. The molecule has 0 aromatic rings. The van der Waals surface area contributed by atoms with Crippen molar-refractivity contribution in [3.05, 3.63) is 11.6 Å². The van der Waals surface area contributed by atoms with Gasteiger partial charge in [0.1, 0.15) is 0 Å². The fourth-order valence-corrected chi connectivity index (χ4v) is 7.23. The molecule has 4 aliphatic rings. The smallest absolute Gasteiger partial charge is 0.155 e. The summed E-state index contributed by atoms with van der Waals surface area (Å²) in [5, 5.41) is 11.0. The number of hydrogen-bond acceptors (Lipinski definition) is 2. The molecular formula is C21H32O2. The zero-order valence-electron chi connectivity index (χ0n) is 15.2. The predicted octanol–water partition coefficient (Wildman–Crippen LogP) is 4.52. The summed E-state index contributed by atoms with van der Waals surface area (Å²) in [7, 11) is 0. The van der Waals surface area contributed by atoms with Crippen LogP contribution < -0.4 is 0 Å². The van der Waals surface area contributed by atoms with E-state index in [1.807, 2.05) is 6.08 Å². The predicted molar refractivity (Wildman–Crippen MR) is 91.9 cm³/mol. The Balaban J connectivity index is 1.74. The second-order valence-corrected chi connectivity index (χ2v) is 9.77. The lowest BCUT2D eigenvalue weighted by molar-refractivity contribution is -0.127. The molecule has 4 aliphatic carbocycles. The van der Waals surface area contributed by atoms with E-state index in [-0.39, 0.29) is 10.8 Å². The monoisotopic (exact) mass is 316 g/mol. The van der Waals surface area contributed by atoms with Gasteiger partial charge in [0, 0.05) is 6.42 Å². The number of fused-ring (bicyclic) bond motifs is 5. The Kier molecular flexibility index (Phi) is 3.25. The van der Waals surface area contributed by atoms with E-state index in [1.54, 1.807) is 0 Å². The molecule has 23 heavy (non-hydrogen) atoms. The molecule has 0 aliphatic heterocycles. The lowest BCUT2D eigenvalue weighted by Crippen LogP contribution is -2.55. The third-order valence-electron chi connectivity index (χ3n) is 8.84. The van der Waals surface area contributed by atoms with E-state index in [0.717, 1.165) is 31.6 Å². The molecule has 0 saturated heterocycles. The van der Waals surface area contributed by atoms with Gasteiger partial charge in [0.15, 0.2) is 5.78 Å². The average Bonchev–Trinajstić information content (AvgIpc) is 2.72. The lowest BCUT2D eigenvalue weighted by Gasteiger charge is -2.60. The molecule has 128 valence electrons. The van der Waals surface area contributed by atoms with Crippen LogP contribution in [0.25, 0.3) is 0 Å². The van der Waals surface area contributed by atoms with Gasteiger partial charge < -0.3 is 5.11 Å². The van der Waals surface area contributed by atoms with Crippen LogP contribution in [0, 0.1) is 34.5 Å². The van der Waals surface area contributed by atoms with Gasteiger partial charge in [-0.05, 0) is 86.0 Å². The molecule has 2 unspecified atom stereocenters. The normalized spacial score (nSPS) is 55.7. The molecule has 0 radical (unpaired) electrons. The molecule has 3 fully saturated rings. The van der Waals surface area contributed by atoms with Crippen molar-refractivity contribution in [1.82, 2.24) is 0 Å². The van der Waals surface area contributed by atoms with E-state index in [0.29, 0.717) is 23.5 Å². The summed E-state index contributed by atoms with van der Waals surface area (Å²) in [6.07, 6.45) is 9.52. The summed E-state index contributed by atoms with van der Waals surface area (Å²) in [4.78, 5) is 12.0. The van der Waals surface area contributed by atoms with E-state index in [9.17, 15) is 9.90 Å². The van der Waals surface area contributed by atoms with Crippen LogP contribution in [0.4, 0.5) is 0 Å². The van der Waals surface area contributed by atoms with Crippen molar-refractivity contribution < 1.29 is 9.90 Å². The van der Waals surface area contributed by atoms with Crippen molar-refractivity contribution in [3.63, 3.8) is 0 Å². The molecule has 0 aromatic carbocycles. The molecule has 2 nitrogen and oxygen atoms in total. The van der Waals surface area contributed by atoms with Crippen molar-refractivity contribution >= 4 is 5.78 Å². The van der Waals surface area contributed by atoms with E-state index < -0.39 is 5.60 Å². The van der Waals surface area contributed by atoms with Crippen LogP contribution in [0.3, 0.4) is 0 Å². The zero-order chi connectivity index (χ0) is 16.6. The van der Waals surface area contributed by atoms with E-state index >= 15 is 0 Å². The van der Waals surface area contributed by atoms with Crippen LogP contribution in [-0.4, -0.2) is 16.5 Å². The highest BCUT2D eigenvalue weighted by molar-refractivity contribution is 5.91. The van der Waals surface area contributed by atoms with Crippen LogP contribution in [0.15, 0.2) is 11.6 Å². The number of carbonyl (C=O) groups is 1. The van der Waals surface area contributed by atoms with Crippen LogP contribution >= 0.6 is 0 Å². The summed E-state index contributed by atoms with van der Waals surface area (Å²) in [6.45, 7) is 9.20. The first kappa shape index (κ1) is 15.9. The van der Waals surface area contributed by atoms with Gasteiger partial charge in [-0.3, -0.25) is 4.79 Å². The molecule has 0 amide bonds. The largest absolute Gasteiger partial charge is 0.390 e. The SMILES string of the molecule is CC1C[C@@H]2[C@@H](CC[C@@]3(C)[C@H]2CCC3(C)O)[C@@]2(C)CCC(=O)C=C12. The van der Waals surface area contributed by atoms with Crippen LogP contribution in [-0.2, 0) is 4.79 Å². The van der Waals surface area contributed by atoms with Crippen molar-refractivity contribution in [1.29, 1.82) is 0 Å². The number of carbonyl (C=O) groups excluding carboxylic acids is 1. The molecule has 1 N–H and O–H groups in total. The number of ketones is 1. The Morgan fingerprint density at radius 2 is 1.78 bits per heavy atom. The summed E-state index contributed by atoms with van der Waals surface area (Å²) >= 11 is 0. The maximum atomic E-state index is 12.0. The standard InChI is InChI=1S/C21H32O2/c1-13-11-15-16(19(2)8-5-14(22)12-18(13)19)6-9-20(3)17(15)7-10-21(20,4)23/h12-13,15-17,23H,5-11H2,1-4H3/t13?,15-,16-,17+,19-,20+,21?/m1/s1. The third kappa shape index (κ3) is 1.94. The topological polar surface area (TPSA) is 37.3 Å². The number of aliphatic hydroxyl groups is 1. The molecular weight excluding hydrogens is 284 g/mol. The number of rotatable bonds is 0. The highest BCUT2D eigenvalue weighted by Crippen LogP contribution is 2.68. The molecule has 3 saturated carbocycles. The Morgan fingerprint density at radius 3 is 2.52 bits per heavy atom. The summed E-state index contributed by atoms with van der Waals surface area (Å²) in [6, 6.07) is 0. The molecule has 0 spiro atoms. The number of hydrogen-bond donors (Lipinski definition) is 1. The second-order valence-electron chi connectivity index (χ2n) is 9.77. The maximum Gasteiger partial charge on any atom is 0.155 e. The van der Waals surface area contributed by atoms with E-state index in [1.165, 1.54) is 24.8 Å². The van der Waals surface area contributed by atoms with Gasteiger partial charge in [0.05, 0.1) is 5.60 Å². The minimum atomic E-state index is -0.495. The van der Waals surface area contributed by atoms with Gasteiger partial charge in [-0.1, -0.05) is 26.3 Å². The first-order valence-electron chi connectivity index (χ1n) is 9.66. The molecule has 7 atom stereocenters. The van der Waals surface area contributed by atoms with Gasteiger partial charge in [0.2, 0.25) is 0 Å². The van der Waals surface area contributed by atoms with Crippen molar-refractivity contribution in [3.8, 4) is 0 Å². The molecule has 0 aromatic heterocycles. The summed E-state index contributed by atoms with van der Waals surface area (Å²) in [5.74, 6) is 2.97. The Labute approximate surface area is 140 Å². The van der Waals surface area contributed by atoms with Gasteiger partial charge in [0.25, 0.3) is 0 Å². The molecule has 0 bridgehead atoms. The van der Waals surface area contributed by atoms with Gasteiger partial charge in [-0.25, -0.2) is 0 Å². The third-order valence-corrected chi connectivity index (χ3v) is 8.84. The van der Waals surface area contributed by atoms with E-state index in [4.69, 9.17) is 0 Å². The van der Waals surface area contributed by atoms with Crippen LogP contribution in [0.1, 0.15) is 72.6 Å². The minimum absolute atomic E-state index is 0.0932. The fraction of sp³-hybridized carbons (Fsp3) is 0.857. The maximum absolute atomic E-state index is 12.0. The van der Waals surface area contributed by atoms with Gasteiger partial charge in [-0.15, -0.1) is 0 Å². The Bertz CT molecular complexity index is 574. The molecule has 4 rings (SSSR count). The van der Waals surface area contributed by atoms with Crippen LogP contribution in [0.5, 0.6) is 0 Å². The number of allylic oxidation sites excluding steroid dienone is 1. The van der Waals surface area contributed by atoms with Gasteiger partial charge in [-0.2, -0.15) is 0 Å². The quantitative estimate of drug-likeness (QED) is 0.713. The fourth-order valence-electron chi connectivity index (χ4n) is 7.23. The molecule has 2 heteroatoms. The van der Waals surface area contributed by atoms with Crippen LogP contribution in [0.2, 0.25) is 0 Å². The Hall–Kier alpha value is -0.630. The van der Waals surface area contributed by atoms with Crippen molar-refractivity contribution in [2.75, 3.05) is 0 Å². The Morgan fingerprint density at radius 1 is 1.09 bits per heavy atom. The molecule has 0 heterocycles. The lowest BCUT2D eigenvalue weighted by atomic mass is 9.45. The minimum Gasteiger partial charge on any atom is -0.390 e. The summed E-state index contributed by atoms with van der Waals surface area (Å²) in [5.41, 5.74) is 1.27. The highest BCUT2D eigenvalue weighted by atomic mass is 16.3. The zero-order valence-corrected chi connectivity index (χ0v) is 15.2. The second kappa shape index (κ2) is 4.71.